The van der Waals surface area contributed by atoms with Gasteiger partial charge in [0.1, 0.15) is 17.0 Å². The van der Waals surface area contributed by atoms with Crippen molar-refractivity contribution in [2.45, 2.75) is 84.5 Å². The van der Waals surface area contributed by atoms with Gasteiger partial charge < -0.3 is 23.3 Å². The molecule has 0 fully saturated rings. The van der Waals surface area contributed by atoms with E-state index in [4.69, 9.17) is 19.2 Å². The Balaban J connectivity index is 0.00000351. The van der Waals surface area contributed by atoms with Crippen molar-refractivity contribution >= 4 is 21.8 Å². The van der Waals surface area contributed by atoms with Crippen molar-refractivity contribution in [2.75, 3.05) is 0 Å². The van der Waals surface area contributed by atoms with Gasteiger partial charge in [-0.05, 0) is 76.1 Å². The summed E-state index contributed by atoms with van der Waals surface area (Å²) in [5, 5.41) is 2.23. The molecule has 2 aliphatic rings. The Hall–Kier alpha value is -4.09. The summed E-state index contributed by atoms with van der Waals surface area (Å²) in [6.45, 7) is 19.3. The van der Waals surface area contributed by atoms with Crippen molar-refractivity contribution in [2.24, 2.45) is 0 Å². The molecule has 5 heterocycles. The van der Waals surface area contributed by atoms with Crippen molar-refractivity contribution in [3.63, 3.8) is 0 Å². The van der Waals surface area contributed by atoms with Crippen LogP contribution in [0.1, 0.15) is 73.4 Å². The van der Waals surface area contributed by atoms with E-state index in [-0.39, 0.29) is 32.0 Å². The average molecular weight is 806 g/mol. The molecule has 0 saturated carbocycles. The van der Waals surface area contributed by atoms with E-state index in [2.05, 4.69) is 128 Å². The molecule has 2 aliphatic heterocycles. The summed E-state index contributed by atoms with van der Waals surface area (Å²) in [6.07, 6.45) is 5.39. The van der Waals surface area contributed by atoms with E-state index in [0.717, 1.165) is 38.9 Å². The third-order valence-electron chi connectivity index (χ3n) is 9.91. The molecule has 244 valence electrons. The van der Waals surface area contributed by atoms with Gasteiger partial charge in [-0.15, -0.1) is 35.2 Å². The predicted octanol–water partition coefficient (Wildman–Crippen LogP) is 8.28. The van der Waals surface area contributed by atoms with Crippen molar-refractivity contribution in [1.29, 1.82) is 0 Å². The maximum Gasteiger partial charge on any atom is 0.252 e. The monoisotopic (exact) mass is 805 g/mol. The maximum atomic E-state index is 6.55. The van der Waals surface area contributed by atoms with Gasteiger partial charge in [0.25, 0.3) is 5.88 Å². The van der Waals surface area contributed by atoms with E-state index in [1.165, 1.54) is 5.56 Å². The van der Waals surface area contributed by atoms with Crippen molar-refractivity contribution < 1.29 is 39.8 Å². The first-order valence-electron chi connectivity index (χ1n) is 15.8. The van der Waals surface area contributed by atoms with E-state index < -0.39 is 11.2 Å². The Kier molecular flexibility index (Phi) is 6.84. The van der Waals surface area contributed by atoms with Crippen molar-refractivity contribution in [3.05, 3.63) is 96.4 Å². The number of hydrogen-bond acceptors (Lipinski definition) is 4. The van der Waals surface area contributed by atoms with Gasteiger partial charge in [0.2, 0.25) is 12.2 Å². The van der Waals surface area contributed by atoms with E-state index >= 15 is 0 Å². The second kappa shape index (κ2) is 10.2. The molecule has 0 radical (unpaired) electrons. The van der Waals surface area contributed by atoms with Crippen molar-refractivity contribution in [3.8, 4) is 34.8 Å². The molecule has 8 rings (SSSR count). The first-order valence-corrected chi connectivity index (χ1v) is 15.8. The van der Waals surface area contributed by atoms with Gasteiger partial charge in [-0.1, -0.05) is 50.2 Å². The number of benzene rings is 3. The van der Waals surface area contributed by atoms with Crippen LogP contribution in [0.2, 0.25) is 0 Å². The quantitative estimate of drug-likeness (QED) is 0.134. The molecule has 7 nitrogen and oxygen atoms in total. The maximum absolute atomic E-state index is 6.55. The molecule has 3 aromatic carbocycles. The summed E-state index contributed by atoms with van der Waals surface area (Å²) in [6, 6.07) is 27.8. The van der Waals surface area contributed by atoms with E-state index in [1.807, 2.05) is 33.5 Å². The van der Waals surface area contributed by atoms with Crippen LogP contribution in [0.15, 0.2) is 66.9 Å². The number of fused-ring (bicyclic) bond motifs is 8. The fraction of sp³-hybridized carbons (Fsp3) is 0.333. The van der Waals surface area contributed by atoms with Gasteiger partial charge in [0.05, 0.1) is 5.60 Å². The summed E-state index contributed by atoms with van der Waals surface area (Å²) in [5.74, 6) is 3.30. The van der Waals surface area contributed by atoms with Gasteiger partial charge in [-0.25, -0.2) is 4.98 Å². The summed E-state index contributed by atoms with van der Waals surface area (Å²) in [5.41, 5.74) is 3.62. The molecule has 0 unspecified atom stereocenters. The molecule has 47 heavy (non-hydrogen) atoms. The standard InChI is InChI=1S/C39H38N4O3.Pt/c1-36(2,3)24-18-19-40-33(20-24)43-30-13-11-10-12-27(30)28-16-14-25(21-31(28)43)44-26-15-17-29-32(22-26)41-23-42-35(34(41)45-37(29,4)5)46-39(8,9)38(42,6)7;/h10-20H,1-9H3;/q-2;. The van der Waals surface area contributed by atoms with Crippen molar-refractivity contribution in [1.82, 2.24) is 14.1 Å². The minimum atomic E-state index is -0.609. The molecule has 0 bridgehead atoms. The van der Waals surface area contributed by atoms with Gasteiger partial charge >= 0.3 is 0 Å². The number of aromatic nitrogens is 4. The van der Waals surface area contributed by atoms with Crippen LogP contribution in [0.5, 0.6) is 23.3 Å². The smallest absolute Gasteiger partial charge is 0.252 e. The fourth-order valence-electron chi connectivity index (χ4n) is 6.51. The molecular formula is C39H38N4O3Pt-2. The first-order chi connectivity index (χ1) is 21.7. The Morgan fingerprint density at radius 1 is 0.851 bits per heavy atom. The minimum absolute atomic E-state index is 0. The number of hydrogen-bond donors (Lipinski definition) is 0. The molecule has 0 spiro atoms. The normalized spacial score (nSPS) is 16.9. The molecular weight excluding hydrogens is 768 g/mol. The van der Waals surface area contributed by atoms with Gasteiger partial charge in [0.15, 0.2) is 0 Å². The van der Waals surface area contributed by atoms with Gasteiger partial charge in [0, 0.05) is 44.3 Å². The zero-order valence-corrected chi connectivity index (χ0v) is 30.5. The number of ether oxygens (including phenoxy) is 3. The molecule has 0 saturated heterocycles. The van der Waals surface area contributed by atoms with E-state index in [1.54, 1.807) is 0 Å². The Labute approximate surface area is 290 Å². The molecule has 3 aromatic heterocycles. The molecule has 0 N–H and O–H groups in total. The topological polar surface area (TPSA) is 54.3 Å². The second-order valence-corrected chi connectivity index (χ2v) is 14.9. The van der Waals surface area contributed by atoms with Crippen LogP contribution in [-0.2, 0) is 37.6 Å². The summed E-state index contributed by atoms with van der Waals surface area (Å²) >= 11 is 0. The Morgan fingerprint density at radius 2 is 1.57 bits per heavy atom. The molecule has 0 aliphatic carbocycles. The number of nitrogens with zero attached hydrogens (tertiary/aromatic N) is 4. The number of rotatable bonds is 3. The van der Waals surface area contributed by atoms with Crippen LogP contribution in [-0.4, -0.2) is 19.7 Å². The third-order valence-corrected chi connectivity index (χ3v) is 9.91. The zero-order valence-electron chi connectivity index (χ0n) is 28.2. The molecule has 6 aromatic rings. The number of para-hydroxylation sites is 1. The molecule has 8 heteroatoms. The van der Waals surface area contributed by atoms with Crippen LogP contribution < -0.4 is 18.8 Å². The average Bonchev–Trinajstić information content (AvgIpc) is 3.57. The molecule has 0 atom stereocenters. The number of pyridine rings is 1. The van der Waals surface area contributed by atoms with E-state index in [0.29, 0.717) is 23.3 Å². The largest absolute Gasteiger partial charge is 0.510 e. The molecule has 0 amide bonds. The predicted molar refractivity (Wildman–Crippen MR) is 178 cm³/mol. The fourth-order valence-corrected chi connectivity index (χ4v) is 6.51. The summed E-state index contributed by atoms with van der Waals surface area (Å²) in [7, 11) is 0. The second-order valence-electron chi connectivity index (χ2n) is 14.9. The van der Waals surface area contributed by atoms with Crippen LogP contribution >= 0.6 is 0 Å². The Morgan fingerprint density at radius 3 is 2.34 bits per heavy atom. The van der Waals surface area contributed by atoms with Crippen LogP contribution in [0.25, 0.3) is 33.3 Å². The van der Waals surface area contributed by atoms with Crippen LogP contribution in [0.3, 0.4) is 0 Å². The summed E-state index contributed by atoms with van der Waals surface area (Å²) < 4.78 is 25.6. The van der Waals surface area contributed by atoms with Crippen LogP contribution in [0, 0.1) is 18.5 Å². The summed E-state index contributed by atoms with van der Waals surface area (Å²) in [4.78, 5) is 4.80. The minimum Gasteiger partial charge on any atom is -0.510 e. The van der Waals surface area contributed by atoms with Crippen LogP contribution in [0.4, 0.5) is 0 Å². The zero-order chi connectivity index (χ0) is 32.4. The first kappa shape index (κ1) is 31.5. The number of imidazole rings is 1. The Bertz CT molecular complexity index is 2220. The third kappa shape index (κ3) is 4.64. The van der Waals surface area contributed by atoms with Gasteiger partial charge in [-0.3, -0.25) is 4.57 Å². The SMILES string of the molecule is CC(C)(C)c1ccnc(-n2c3[c-]c(Oc4[c-]c5c(cc4)C(C)(C)Oc4c6[n+]([c-]n4-5)C(C)(C)C(C)(C)O6)ccc3c3ccccc32)c1.[Pt]. The van der Waals surface area contributed by atoms with E-state index in [9.17, 15) is 0 Å². The van der Waals surface area contributed by atoms with Gasteiger partial charge in [-0.2, -0.15) is 12.1 Å².